The van der Waals surface area contributed by atoms with Gasteiger partial charge in [0.2, 0.25) is 5.91 Å². The van der Waals surface area contributed by atoms with E-state index in [-0.39, 0.29) is 12.5 Å². The maximum Gasteiger partial charge on any atom is 0.243 e. The molecule has 1 fully saturated rings. The maximum atomic E-state index is 12.1. The highest BCUT2D eigenvalue weighted by Gasteiger charge is 2.19. The zero-order valence-corrected chi connectivity index (χ0v) is 13.5. The van der Waals surface area contributed by atoms with Gasteiger partial charge in [-0.15, -0.1) is 0 Å². The lowest BCUT2D eigenvalue weighted by Gasteiger charge is -2.30. The molecule has 1 aromatic rings. The molecule has 21 heavy (non-hydrogen) atoms. The summed E-state index contributed by atoms with van der Waals surface area (Å²) in [5.41, 5.74) is 7.44. The van der Waals surface area contributed by atoms with E-state index in [0.29, 0.717) is 10.7 Å². The van der Waals surface area contributed by atoms with Crippen LogP contribution in [0.2, 0.25) is 5.02 Å². The number of carbonyl (C=O) groups excluding carboxylic acids is 1. The molecule has 1 aliphatic heterocycles. The topological polar surface area (TPSA) is 67.6 Å². The van der Waals surface area contributed by atoms with E-state index in [1.807, 2.05) is 23.9 Å². The summed E-state index contributed by atoms with van der Waals surface area (Å²) in [5.74, 6) is 1.89. The summed E-state index contributed by atoms with van der Waals surface area (Å²) in [6, 6.07) is 4.84. The SMILES string of the molecule is COCC(N)C(=O)Nc1cc(Cl)ccc1N1CCSCC1. The molecule has 1 aromatic carbocycles. The average Bonchev–Trinajstić information content (AvgIpc) is 2.48. The number of hydrogen-bond donors (Lipinski definition) is 2. The van der Waals surface area contributed by atoms with Gasteiger partial charge < -0.3 is 20.7 Å². The van der Waals surface area contributed by atoms with Gasteiger partial charge in [0.1, 0.15) is 6.04 Å². The Labute approximate surface area is 134 Å². The Morgan fingerprint density at radius 2 is 2.24 bits per heavy atom. The zero-order valence-electron chi connectivity index (χ0n) is 12.0. The molecule has 1 amide bonds. The second-order valence-corrected chi connectivity index (χ2v) is 6.47. The minimum Gasteiger partial charge on any atom is -0.383 e. The number of thioether (sulfide) groups is 1. The maximum absolute atomic E-state index is 12.1. The molecular formula is C14H20ClN3O2S. The van der Waals surface area contributed by atoms with Crippen molar-refractivity contribution in [1.29, 1.82) is 0 Å². The number of benzene rings is 1. The number of nitrogens with one attached hydrogen (secondary N) is 1. The largest absolute Gasteiger partial charge is 0.383 e. The van der Waals surface area contributed by atoms with Crippen LogP contribution in [0, 0.1) is 0 Å². The third-order valence-electron chi connectivity index (χ3n) is 3.25. The van der Waals surface area contributed by atoms with Crippen molar-refractivity contribution >= 4 is 40.6 Å². The van der Waals surface area contributed by atoms with Crippen molar-refractivity contribution in [3.63, 3.8) is 0 Å². The summed E-state index contributed by atoms with van der Waals surface area (Å²) in [4.78, 5) is 14.3. The molecule has 1 unspecified atom stereocenters. The molecule has 116 valence electrons. The van der Waals surface area contributed by atoms with Gasteiger partial charge in [-0.1, -0.05) is 11.6 Å². The van der Waals surface area contributed by atoms with Crippen molar-refractivity contribution < 1.29 is 9.53 Å². The zero-order chi connectivity index (χ0) is 15.2. The highest BCUT2D eigenvalue weighted by atomic mass is 35.5. The lowest BCUT2D eigenvalue weighted by atomic mass is 10.2. The summed E-state index contributed by atoms with van der Waals surface area (Å²) < 4.78 is 4.91. The first-order chi connectivity index (χ1) is 10.1. The van der Waals surface area contributed by atoms with Crippen LogP contribution in [-0.4, -0.2) is 50.3 Å². The number of ether oxygens (including phenoxy) is 1. The molecule has 0 aliphatic carbocycles. The summed E-state index contributed by atoms with van der Waals surface area (Å²) in [5, 5.41) is 3.44. The van der Waals surface area contributed by atoms with Crippen molar-refractivity contribution in [3.8, 4) is 0 Å². The normalized spacial score (nSPS) is 16.6. The summed E-state index contributed by atoms with van der Waals surface area (Å²) in [7, 11) is 1.52. The van der Waals surface area contributed by atoms with Crippen LogP contribution in [0.25, 0.3) is 0 Å². The van der Waals surface area contributed by atoms with Crippen LogP contribution < -0.4 is 16.0 Å². The van der Waals surface area contributed by atoms with Gasteiger partial charge in [0.15, 0.2) is 0 Å². The summed E-state index contributed by atoms with van der Waals surface area (Å²) in [6.07, 6.45) is 0. The number of carbonyl (C=O) groups is 1. The molecule has 7 heteroatoms. The van der Waals surface area contributed by atoms with Crippen LogP contribution in [0.15, 0.2) is 18.2 Å². The number of nitrogens with two attached hydrogens (primary N) is 1. The predicted molar refractivity (Wildman–Crippen MR) is 89.5 cm³/mol. The molecule has 0 bridgehead atoms. The second-order valence-electron chi connectivity index (χ2n) is 4.81. The van der Waals surface area contributed by atoms with Crippen LogP contribution in [0.3, 0.4) is 0 Å². The highest BCUT2D eigenvalue weighted by molar-refractivity contribution is 7.99. The van der Waals surface area contributed by atoms with E-state index < -0.39 is 6.04 Å². The van der Waals surface area contributed by atoms with Gasteiger partial charge in [-0.2, -0.15) is 11.8 Å². The van der Waals surface area contributed by atoms with Crippen molar-refractivity contribution in [1.82, 2.24) is 0 Å². The van der Waals surface area contributed by atoms with Gasteiger partial charge >= 0.3 is 0 Å². The third kappa shape index (κ3) is 4.51. The monoisotopic (exact) mass is 329 g/mol. The smallest absolute Gasteiger partial charge is 0.243 e. The van der Waals surface area contributed by atoms with Gasteiger partial charge in [-0.3, -0.25) is 4.79 Å². The molecule has 2 rings (SSSR count). The summed E-state index contributed by atoms with van der Waals surface area (Å²) in [6.45, 7) is 2.10. The fourth-order valence-electron chi connectivity index (χ4n) is 2.17. The Kier molecular flexibility index (Phi) is 6.17. The molecule has 3 N–H and O–H groups in total. The third-order valence-corrected chi connectivity index (χ3v) is 4.43. The van der Waals surface area contributed by atoms with Crippen LogP contribution in [-0.2, 0) is 9.53 Å². The Morgan fingerprint density at radius 1 is 1.52 bits per heavy atom. The van der Waals surface area contributed by atoms with Gasteiger partial charge in [0, 0.05) is 36.7 Å². The number of halogens is 1. The fraction of sp³-hybridized carbons (Fsp3) is 0.500. The number of hydrogen-bond acceptors (Lipinski definition) is 5. The molecule has 1 heterocycles. The number of anilines is 2. The molecule has 0 saturated carbocycles. The second kappa shape index (κ2) is 7.89. The van der Waals surface area contributed by atoms with E-state index in [1.54, 1.807) is 6.07 Å². The average molecular weight is 330 g/mol. The van der Waals surface area contributed by atoms with Crippen molar-refractivity contribution in [2.45, 2.75) is 6.04 Å². The number of methoxy groups -OCH3 is 1. The number of rotatable bonds is 5. The molecule has 1 saturated heterocycles. The Hall–Kier alpha value is -0.950. The first-order valence-corrected chi connectivity index (χ1v) is 8.32. The quantitative estimate of drug-likeness (QED) is 0.862. The summed E-state index contributed by atoms with van der Waals surface area (Å²) >= 11 is 7.99. The Bertz CT molecular complexity index is 495. The predicted octanol–water partition coefficient (Wildman–Crippen LogP) is 1.81. The van der Waals surface area contributed by atoms with Crippen molar-refractivity contribution in [3.05, 3.63) is 23.2 Å². The molecule has 5 nitrogen and oxygen atoms in total. The van der Waals surface area contributed by atoms with E-state index in [0.717, 1.165) is 30.3 Å². The van der Waals surface area contributed by atoms with Gasteiger partial charge in [0.05, 0.1) is 18.0 Å². The van der Waals surface area contributed by atoms with E-state index in [2.05, 4.69) is 10.2 Å². The van der Waals surface area contributed by atoms with Crippen LogP contribution in [0.1, 0.15) is 0 Å². The number of amides is 1. The molecule has 0 spiro atoms. The highest BCUT2D eigenvalue weighted by Crippen LogP contribution is 2.31. The Morgan fingerprint density at radius 3 is 2.90 bits per heavy atom. The van der Waals surface area contributed by atoms with E-state index in [4.69, 9.17) is 22.1 Å². The minimum absolute atomic E-state index is 0.183. The van der Waals surface area contributed by atoms with E-state index in [1.165, 1.54) is 7.11 Å². The fourth-order valence-corrected chi connectivity index (χ4v) is 3.24. The Balaban J connectivity index is 2.16. The van der Waals surface area contributed by atoms with Gasteiger partial charge in [-0.25, -0.2) is 0 Å². The van der Waals surface area contributed by atoms with Crippen molar-refractivity contribution in [2.24, 2.45) is 5.73 Å². The number of nitrogens with zero attached hydrogens (tertiary/aromatic N) is 1. The molecule has 0 radical (unpaired) electrons. The first kappa shape index (κ1) is 16.4. The van der Waals surface area contributed by atoms with Gasteiger partial charge in [0.25, 0.3) is 0 Å². The first-order valence-electron chi connectivity index (χ1n) is 6.79. The standard InChI is InChI=1S/C14H20ClN3O2S/c1-20-9-11(16)14(19)17-12-8-10(15)2-3-13(12)18-4-6-21-7-5-18/h2-3,8,11H,4-7,9,16H2,1H3,(H,17,19). The van der Waals surface area contributed by atoms with Crippen LogP contribution >= 0.6 is 23.4 Å². The van der Waals surface area contributed by atoms with E-state index >= 15 is 0 Å². The molecule has 0 aromatic heterocycles. The van der Waals surface area contributed by atoms with Crippen molar-refractivity contribution in [2.75, 3.05) is 48.5 Å². The lowest BCUT2D eigenvalue weighted by molar-refractivity contribution is -0.118. The molecule has 1 atom stereocenters. The van der Waals surface area contributed by atoms with Gasteiger partial charge in [-0.05, 0) is 18.2 Å². The minimum atomic E-state index is -0.696. The molecule has 1 aliphatic rings. The van der Waals surface area contributed by atoms with E-state index in [9.17, 15) is 4.79 Å². The molecular weight excluding hydrogens is 310 g/mol. The lowest BCUT2D eigenvalue weighted by Crippen LogP contribution is -2.40. The van der Waals surface area contributed by atoms with Crippen LogP contribution in [0.4, 0.5) is 11.4 Å². The van der Waals surface area contributed by atoms with Crippen LogP contribution in [0.5, 0.6) is 0 Å².